The van der Waals surface area contributed by atoms with Gasteiger partial charge in [-0.2, -0.15) is 0 Å². The SMILES string of the molecule is O=C(O)c1cccc2ccccc12.[H-].[H-].[Li+].[Li+]. The van der Waals surface area contributed by atoms with Gasteiger partial charge in [-0.25, -0.2) is 4.79 Å². The molecular formula is C11H10Li2O2. The zero-order valence-corrected chi connectivity index (χ0v) is 8.90. The van der Waals surface area contributed by atoms with Crippen LogP contribution < -0.4 is 37.7 Å². The molecule has 4 heteroatoms. The van der Waals surface area contributed by atoms with Gasteiger partial charge in [-0.3, -0.25) is 0 Å². The molecule has 0 radical (unpaired) electrons. The molecular weight excluding hydrogens is 178 g/mol. The van der Waals surface area contributed by atoms with E-state index in [1.807, 2.05) is 30.3 Å². The quantitative estimate of drug-likeness (QED) is 0.478. The molecule has 0 amide bonds. The Hall–Kier alpha value is -0.635. The Morgan fingerprint density at radius 3 is 2.27 bits per heavy atom. The zero-order valence-electron chi connectivity index (χ0n) is 10.9. The fourth-order valence-corrected chi connectivity index (χ4v) is 1.41. The third-order valence-corrected chi connectivity index (χ3v) is 2.02. The molecule has 0 spiro atoms. The molecule has 1 N–H and O–H groups in total. The minimum absolute atomic E-state index is 0. The molecule has 0 aliphatic heterocycles. The third kappa shape index (κ3) is 2.91. The Morgan fingerprint density at radius 1 is 1.00 bits per heavy atom. The summed E-state index contributed by atoms with van der Waals surface area (Å²) in [7, 11) is 0. The summed E-state index contributed by atoms with van der Waals surface area (Å²) >= 11 is 0. The van der Waals surface area contributed by atoms with Crippen LogP contribution in [0.15, 0.2) is 42.5 Å². The summed E-state index contributed by atoms with van der Waals surface area (Å²) < 4.78 is 0. The first kappa shape index (κ1) is 14.4. The van der Waals surface area contributed by atoms with Gasteiger partial charge in [0.15, 0.2) is 0 Å². The first-order valence-electron chi connectivity index (χ1n) is 4.00. The number of benzene rings is 2. The van der Waals surface area contributed by atoms with Crippen molar-refractivity contribution in [1.82, 2.24) is 0 Å². The predicted octanol–water partition coefficient (Wildman–Crippen LogP) is -3.23. The van der Waals surface area contributed by atoms with Crippen LogP contribution in [0.3, 0.4) is 0 Å². The summed E-state index contributed by atoms with van der Waals surface area (Å²) in [6, 6.07) is 12.7. The first-order chi connectivity index (χ1) is 6.29. The second-order valence-electron chi connectivity index (χ2n) is 2.83. The number of carboxylic acids is 1. The number of aromatic carboxylic acids is 1. The minimum Gasteiger partial charge on any atom is -1.00 e. The molecule has 2 aromatic rings. The average Bonchev–Trinajstić information content (AvgIpc) is 2.17. The summed E-state index contributed by atoms with van der Waals surface area (Å²) in [5.74, 6) is -0.878. The maximum Gasteiger partial charge on any atom is 1.00 e. The predicted molar refractivity (Wildman–Crippen MR) is 53.1 cm³/mol. The summed E-state index contributed by atoms with van der Waals surface area (Å²) in [6.07, 6.45) is 0. The van der Waals surface area contributed by atoms with Gasteiger partial charge in [-0.05, 0) is 16.8 Å². The van der Waals surface area contributed by atoms with E-state index in [0.29, 0.717) is 5.56 Å². The van der Waals surface area contributed by atoms with E-state index in [2.05, 4.69) is 0 Å². The van der Waals surface area contributed by atoms with Crippen LogP contribution in [0.2, 0.25) is 0 Å². The van der Waals surface area contributed by atoms with Crippen LogP contribution in [0, 0.1) is 0 Å². The topological polar surface area (TPSA) is 37.3 Å². The van der Waals surface area contributed by atoms with E-state index in [0.717, 1.165) is 10.8 Å². The smallest absolute Gasteiger partial charge is 1.00 e. The van der Waals surface area contributed by atoms with Gasteiger partial charge in [-0.1, -0.05) is 36.4 Å². The number of carboxylic acid groups (broad SMARTS) is 1. The summed E-state index contributed by atoms with van der Waals surface area (Å²) in [6.45, 7) is 0. The second kappa shape index (κ2) is 6.06. The van der Waals surface area contributed by atoms with E-state index in [1.165, 1.54) is 0 Å². The van der Waals surface area contributed by atoms with Gasteiger partial charge < -0.3 is 7.96 Å². The van der Waals surface area contributed by atoms with Crippen LogP contribution in [-0.4, -0.2) is 11.1 Å². The molecule has 0 aliphatic carbocycles. The van der Waals surface area contributed by atoms with Gasteiger partial charge in [0.25, 0.3) is 0 Å². The third-order valence-electron chi connectivity index (χ3n) is 2.02. The fourth-order valence-electron chi connectivity index (χ4n) is 1.41. The zero-order chi connectivity index (χ0) is 9.26. The van der Waals surface area contributed by atoms with E-state index < -0.39 is 5.97 Å². The van der Waals surface area contributed by atoms with Crippen molar-refractivity contribution < 1.29 is 50.5 Å². The Bertz CT molecular complexity index is 472. The first-order valence-corrected chi connectivity index (χ1v) is 4.00. The van der Waals surface area contributed by atoms with Crippen molar-refractivity contribution in [1.29, 1.82) is 0 Å². The van der Waals surface area contributed by atoms with Gasteiger partial charge >= 0.3 is 43.7 Å². The van der Waals surface area contributed by atoms with E-state index in [-0.39, 0.29) is 40.6 Å². The van der Waals surface area contributed by atoms with Crippen LogP contribution in [0.1, 0.15) is 13.2 Å². The number of rotatable bonds is 1. The van der Waals surface area contributed by atoms with E-state index >= 15 is 0 Å². The van der Waals surface area contributed by atoms with Crippen LogP contribution >= 0.6 is 0 Å². The molecule has 0 fully saturated rings. The Balaban J connectivity index is -0.000000490. The molecule has 0 heterocycles. The molecule has 0 bridgehead atoms. The second-order valence-corrected chi connectivity index (χ2v) is 2.83. The van der Waals surface area contributed by atoms with Crippen molar-refractivity contribution in [2.75, 3.05) is 0 Å². The fraction of sp³-hybridized carbons (Fsp3) is 0. The van der Waals surface area contributed by atoms with E-state index in [4.69, 9.17) is 5.11 Å². The number of hydrogen-bond donors (Lipinski definition) is 1. The van der Waals surface area contributed by atoms with Gasteiger partial charge in [0.2, 0.25) is 0 Å². The van der Waals surface area contributed by atoms with Crippen molar-refractivity contribution in [2.45, 2.75) is 0 Å². The largest absolute Gasteiger partial charge is 1.00 e. The van der Waals surface area contributed by atoms with Crippen molar-refractivity contribution in [3.8, 4) is 0 Å². The molecule has 0 saturated carbocycles. The summed E-state index contributed by atoms with van der Waals surface area (Å²) in [5.41, 5.74) is 0.359. The maximum absolute atomic E-state index is 10.8. The molecule has 2 rings (SSSR count). The average molecular weight is 188 g/mol. The van der Waals surface area contributed by atoms with Gasteiger partial charge in [0.05, 0.1) is 5.56 Å². The van der Waals surface area contributed by atoms with Crippen LogP contribution in [-0.2, 0) is 0 Å². The Labute approximate surface area is 115 Å². The van der Waals surface area contributed by atoms with Gasteiger partial charge in [-0.15, -0.1) is 0 Å². The number of fused-ring (bicyclic) bond motifs is 1. The standard InChI is InChI=1S/C11H8O2.2Li.2H/c12-11(13)10-7-3-5-8-4-1-2-6-9(8)10;;;;/h1-7H,(H,12,13);;;;/q;2*+1;2*-1. The summed E-state index contributed by atoms with van der Waals surface area (Å²) in [4.78, 5) is 10.8. The molecule has 0 unspecified atom stereocenters. The maximum atomic E-state index is 10.8. The van der Waals surface area contributed by atoms with E-state index in [1.54, 1.807) is 12.1 Å². The van der Waals surface area contributed by atoms with Crippen molar-refractivity contribution in [3.63, 3.8) is 0 Å². The van der Waals surface area contributed by atoms with Crippen molar-refractivity contribution in [2.24, 2.45) is 0 Å². The molecule has 15 heavy (non-hydrogen) atoms. The van der Waals surface area contributed by atoms with Crippen LogP contribution in [0.25, 0.3) is 10.8 Å². The minimum atomic E-state index is -0.878. The van der Waals surface area contributed by atoms with Crippen molar-refractivity contribution in [3.05, 3.63) is 48.0 Å². The molecule has 0 aliphatic rings. The normalized spacial score (nSPS) is 8.80. The monoisotopic (exact) mass is 188 g/mol. The van der Waals surface area contributed by atoms with Gasteiger partial charge in [0.1, 0.15) is 0 Å². The molecule has 2 nitrogen and oxygen atoms in total. The number of carbonyl (C=O) groups is 1. The Kier molecular flexibility index (Phi) is 5.80. The molecule has 2 aromatic carbocycles. The van der Waals surface area contributed by atoms with Crippen LogP contribution in [0.5, 0.6) is 0 Å². The van der Waals surface area contributed by atoms with Crippen molar-refractivity contribution >= 4 is 16.7 Å². The Morgan fingerprint density at radius 2 is 1.60 bits per heavy atom. The summed E-state index contributed by atoms with van der Waals surface area (Å²) in [5, 5.41) is 10.6. The molecule has 0 atom stereocenters. The van der Waals surface area contributed by atoms with E-state index in [9.17, 15) is 4.79 Å². The molecule has 68 valence electrons. The van der Waals surface area contributed by atoms with Crippen LogP contribution in [0.4, 0.5) is 0 Å². The molecule has 0 aromatic heterocycles. The number of hydrogen-bond acceptors (Lipinski definition) is 1. The van der Waals surface area contributed by atoms with Gasteiger partial charge in [0, 0.05) is 0 Å². The molecule has 0 saturated heterocycles.